The molecule has 2 amide bonds. The highest BCUT2D eigenvalue weighted by Crippen LogP contribution is 2.41. The van der Waals surface area contributed by atoms with Gasteiger partial charge in [0.25, 0.3) is 5.91 Å². The van der Waals surface area contributed by atoms with Crippen molar-refractivity contribution in [1.29, 1.82) is 0 Å². The fraction of sp³-hybridized carbons (Fsp3) is 0.259. The molecule has 0 bridgehead atoms. The van der Waals surface area contributed by atoms with Crippen molar-refractivity contribution < 1.29 is 31.6 Å². The number of amides is 2. The summed E-state index contributed by atoms with van der Waals surface area (Å²) in [4.78, 5) is 25.4. The Kier molecular flexibility index (Phi) is 7.86. The van der Waals surface area contributed by atoms with Crippen LogP contribution in [0.2, 0.25) is 0 Å². The molecule has 11 heteroatoms. The first-order valence-electron chi connectivity index (χ1n) is 11.6. The number of benzene rings is 2. The van der Waals surface area contributed by atoms with Crippen LogP contribution in [0.25, 0.3) is 27.9 Å². The van der Waals surface area contributed by atoms with E-state index < -0.39 is 30.4 Å². The fourth-order valence-corrected chi connectivity index (χ4v) is 4.59. The summed E-state index contributed by atoms with van der Waals surface area (Å²) in [5.74, 6) is -1.33. The summed E-state index contributed by atoms with van der Waals surface area (Å²) in [5.41, 5.74) is 3.46. The number of carbonyl (C=O) groups is 2. The number of alkyl halides is 3. The minimum absolute atomic E-state index is 0.232. The maximum absolute atomic E-state index is 13.6. The Morgan fingerprint density at radius 2 is 1.84 bits per heavy atom. The highest BCUT2D eigenvalue weighted by atomic mass is 32.2. The number of nitrogens with zero attached hydrogens (tertiary/aromatic N) is 1. The van der Waals surface area contributed by atoms with E-state index in [4.69, 9.17) is 4.42 Å². The summed E-state index contributed by atoms with van der Waals surface area (Å²) >= 11 is 1.42. The lowest BCUT2D eigenvalue weighted by atomic mass is 9.91. The van der Waals surface area contributed by atoms with Gasteiger partial charge in [0.15, 0.2) is 0 Å². The zero-order valence-electron chi connectivity index (χ0n) is 20.8. The minimum atomic E-state index is -4.51. The number of nitrogens with one attached hydrogen (secondary N) is 2. The Morgan fingerprint density at radius 1 is 1.13 bits per heavy atom. The van der Waals surface area contributed by atoms with E-state index >= 15 is 0 Å². The van der Waals surface area contributed by atoms with Gasteiger partial charge in [-0.25, -0.2) is 4.39 Å². The number of allylic oxidation sites excluding steroid dienone is 3. The van der Waals surface area contributed by atoms with Crippen LogP contribution in [0.15, 0.2) is 58.5 Å². The Morgan fingerprint density at radius 3 is 2.47 bits per heavy atom. The van der Waals surface area contributed by atoms with Crippen molar-refractivity contribution in [2.24, 2.45) is 0 Å². The SMILES string of the molecule is CNC(=O)c1c(-c2ccc(F)cc2)oc2cc(N(C)SC)c(C3=CCCC(C(=O)NCC(F)(F)F)=C3)cc12. The maximum atomic E-state index is 13.6. The normalized spacial score (nSPS) is 13.7. The molecule has 0 radical (unpaired) electrons. The lowest BCUT2D eigenvalue weighted by Gasteiger charge is -2.22. The van der Waals surface area contributed by atoms with Crippen LogP contribution in [0.4, 0.5) is 23.2 Å². The molecule has 0 saturated carbocycles. The zero-order chi connectivity index (χ0) is 27.6. The standard InChI is InChI=1S/C27H25F4N3O3S/c1-32-26(36)23-20-12-19(16-5-4-6-17(11-16)25(35)33-14-27(29,30)31)21(34(2)38-3)13-22(20)37-24(23)15-7-9-18(28)10-8-15/h5,7-13H,4,6,14H2,1-3H3,(H,32,36)(H,33,35). The van der Waals surface area contributed by atoms with Crippen molar-refractivity contribution in [2.75, 3.05) is 31.2 Å². The third kappa shape index (κ3) is 5.72. The van der Waals surface area contributed by atoms with E-state index in [9.17, 15) is 27.2 Å². The molecule has 1 aliphatic carbocycles. The zero-order valence-corrected chi connectivity index (χ0v) is 21.6. The van der Waals surface area contributed by atoms with Crippen molar-refractivity contribution in [3.8, 4) is 11.3 Å². The second-order valence-corrected chi connectivity index (χ2v) is 9.52. The van der Waals surface area contributed by atoms with Gasteiger partial charge in [0.1, 0.15) is 23.7 Å². The van der Waals surface area contributed by atoms with Gasteiger partial charge in [0.05, 0.1) is 11.3 Å². The third-order valence-electron chi connectivity index (χ3n) is 6.14. The van der Waals surface area contributed by atoms with Crippen LogP contribution < -0.4 is 14.9 Å². The van der Waals surface area contributed by atoms with Crippen molar-refractivity contribution in [3.63, 3.8) is 0 Å². The lowest BCUT2D eigenvalue weighted by Crippen LogP contribution is -2.34. The summed E-state index contributed by atoms with van der Waals surface area (Å²) in [6.07, 6.45) is 1.59. The van der Waals surface area contributed by atoms with Crippen LogP contribution in [0.1, 0.15) is 28.8 Å². The van der Waals surface area contributed by atoms with Crippen LogP contribution in [-0.4, -0.2) is 44.9 Å². The number of rotatable bonds is 7. The first-order valence-corrected chi connectivity index (χ1v) is 12.8. The molecule has 0 saturated heterocycles. The van der Waals surface area contributed by atoms with E-state index in [1.165, 1.54) is 43.3 Å². The molecule has 6 nitrogen and oxygen atoms in total. The molecule has 3 aromatic rings. The van der Waals surface area contributed by atoms with Gasteiger partial charge in [-0.3, -0.25) is 9.59 Å². The average Bonchev–Trinajstić information content (AvgIpc) is 3.28. The Balaban J connectivity index is 1.87. The number of carbonyl (C=O) groups excluding carboxylic acids is 2. The monoisotopic (exact) mass is 547 g/mol. The van der Waals surface area contributed by atoms with Gasteiger partial charge in [0.2, 0.25) is 5.91 Å². The molecular formula is C27H25F4N3O3S. The number of fused-ring (bicyclic) bond motifs is 1. The predicted molar refractivity (Wildman–Crippen MR) is 141 cm³/mol. The predicted octanol–water partition coefficient (Wildman–Crippen LogP) is 6.09. The van der Waals surface area contributed by atoms with Crippen LogP contribution in [0.3, 0.4) is 0 Å². The highest BCUT2D eigenvalue weighted by Gasteiger charge is 2.29. The molecule has 2 aromatic carbocycles. The molecule has 200 valence electrons. The van der Waals surface area contributed by atoms with E-state index in [0.717, 1.165) is 0 Å². The second-order valence-electron chi connectivity index (χ2n) is 8.60. The molecule has 38 heavy (non-hydrogen) atoms. The third-order valence-corrected chi connectivity index (χ3v) is 6.88. The summed E-state index contributed by atoms with van der Waals surface area (Å²) in [7, 11) is 3.33. The molecule has 0 atom stereocenters. The quantitative estimate of drug-likeness (QED) is 0.277. The molecule has 1 heterocycles. The fourth-order valence-electron chi connectivity index (χ4n) is 4.24. The van der Waals surface area contributed by atoms with Crippen LogP contribution in [-0.2, 0) is 4.79 Å². The Bertz CT molecular complexity index is 1440. The van der Waals surface area contributed by atoms with Crippen molar-refractivity contribution in [2.45, 2.75) is 19.0 Å². The van der Waals surface area contributed by atoms with Crippen LogP contribution in [0, 0.1) is 5.82 Å². The van der Waals surface area contributed by atoms with Crippen molar-refractivity contribution in [3.05, 3.63) is 71.1 Å². The van der Waals surface area contributed by atoms with Gasteiger partial charge < -0.3 is 19.4 Å². The highest BCUT2D eigenvalue weighted by molar-refractivity contribution is 7.99. The number of halogens is 4. The Labute approximate surface area is 220 Å². The number of anilines is 1. The maximum Gasteiger partial charge on any atom is 0.405 e. The summed E-state index contributed by atoms with van der Waals surface area (Å²) in [6, 6.07) is 9.14. The number of hydrogen-bond acceptors (Lipinski definition) is 5. The van der Waals surface area contributed by atoms with Gasteiger partial charge >= 0.3 is 6.18 Å². The van der Waals surface area contributed by atoms with Gasteiger partial charge in [-0.05, 0) is 54.8 Å². The molecule has 1 aliphatic rings. The first kappa shape index (κ1) is 27.3. The molecular weight excluding hydrogens is 522 g/mol. The van der Waals surface area contributed by atoms with Crippen LogP contribution >= 0.6 is 11.9 Å². The summed E-state index contributed by atoms with van der Waals surface area (Å²) in [5, 5.41) is 5.05. The number of hydrogen-bond donors (Lipinski definition) is 2. The smallest absolute Gasteiger partial charge is 0.405 e. The van der Waals surface area contributed by atoms with Gasteiger partial charge in [0, 0.05) is 48.5 Å². The van der Waals surface area contributed by atoms with E-state index in [1.54, 1.807) is 18.2 Å². The average molecular weight is 548 g/mol. The van der Waals surface area contributed by atoms with E-state index in [0.29, 0.717) is 46.2 Å². The minimum Gasteiger partial charge on any atom is -0.455 e. The first-order chi connectivity index (χ1) is 18.0. The topological polar surface area (TPSA) is 74.6 Å². The summed E-state index contributed by atoms with van der Waals surface area (Å²) in [6.45, 7) is -1.41. The molecule has 0 fully saturated rings. The molecule has 0 spiro atoms. The summed E-state index contributed by atoms with van der Waals surface area (Å²) < 4.78 is 59.4. The molecule has 0 aliphatic heterocycles. The Hall–Kier alpha value is -3.73. The van der Waals surface area contributed by atoms with Gasteiger partial charge in [-0.1, -0.05) is 18.0 Å². The molecule has 1 aromatic heterocycles. The van der Waals surface area contributed by atoms with Crippen molar-refractivity contribution in [1.82, 2.24) is 10.6 Å². The lowest BCUT2D eigenvalue weighted by molar-refractivity contribution is -0.136. The van der Waals surface area contributed by atoms with E-state index in [-0.39, 0.29) is 16.9 Å². The van der Waals surface area contributed by atoms with E-state index in [2.05, 4.69) is 5.32 Å². The molecule has 2 N–H and O–H groups in total. The molecule has 4 rings (SSSR count). The van der Waals surface area contributed by atoms with Crippen LogP contribution in [0.5, 0.6) is 0 Å². The van der Waals surface area contributed by atoms with Gasteiger partial charge in [-0.2, -0.15) is 13.2 Å². The van der Waals surface area contributed by atoms with Crippen molar-refractivity contribution >= 4 is 46.0 Å². The van der Waals surface area contributed by atoms with E-state index in [1.807, 2.05) is 29.0 Å². The second kappa shape index (κ2) is 10.9. The largest absolute Gasteiger partial charge is 0.455 e. The van der Waals surface area contributed by atoms with Gasteiger partial charge in [-0.15, -0.1) is 0 Å². The molecule has 0 unspecified atom stereocenters. The number of furan rings is 1.